The molecular formula is C26H40O2Si. The molecule has 0 N–H and O–H groups in total. The summed E-state index contributed by atoms with van der Waals surface area (Å²) in [6.07, 6.45) is 4.60. The summed E-state index contributed by atoms with van der Waals surface area (Å²) in [7, 11) is -2.83. The molecule has 0 aromatic heterocycles. The molecule has 0 unspecified atom stereocenters. The molecule has 0 saturated heterocycles. The van der Waals surface area contributed by atoms with E-state index >= 15 is 0 Å². The van der Waals surface area contributed by atoms with Gasteiger partial charge in [-0.3, -0.25) is 0 Å². The van der Waals surface area contributed by atoms with E-state index in [1.54, 1.807) is 0 Å². The van der Waals surface area contributed by atoms with E-state index in [0.717, 1.165) is 25.7 Å². The van der Waals surface area contributed by atoms with Gasteiger partial charge in [0.2, 0.25) is 0 Å². The van der Waals surface area contributed by atoms with Gasteiger partial charge in [0.15, 0.2) is 0 Å². The minimum atomic E-state index is -2.83. The van der Waals surface area contributed by atoms with Crippen LogP contribution in [0.5, 0.6) is 0 Å². The fraction of sp³-hybridized carbons (Fsp3) is 0.538. The molecule has 0 spiro atoms. The van der Waals surface area contributed by atoms with Gasteiger partial charge in [0.05, 0.1) is 0 Å². The highest BCUT2D eigenvalue weighted by atomic mass is 28.4. The quantitative estimate of drug-likeness (QED) is 0.402. The highest BCUT2D eigenvalue weighted by Gasteiger charge is 2.45. The summed E-state index contributed by atoms with van der Waals surface area (Å²) in [4.78, 5) is 0. The van der Waals surface area contributed by atoms with Crippen LogP contribution in [0.4, 0.5) is 0 Å². The average molecular weight is 413 g/mol. The molecule has 0 radical (unpaired) electrons. The van der Waals surface area contributed by atoms with Crippen LogP contribution in [0.1, 0.15) is 67.2 Å². The number of benzene rings is 2. The molecule has 2 rings (SSSR count). The van der Waals surface area contributed by atoms with Crippen LogP contribution in [0.25, 0.3) is 0 Å². The Morgan fingerprint density at radius 1 is 0.621 bits per heavy atom. The maximum absolute atomic E-state index is 6.91. The van der Waals surface area contributed by atoms with Crippen LogP contribution in [0.3, 0.4) is 0 Å². The van der Waals surface area contributed by atoms with E-state index in [2.05, 4.69) is 102 Å². The second-order valence-electron chi connectivity index (χ2n) is 9.75. The zero-order valence-corrected chi connectivity index (χ0v) is 20.3. The summed E-state index contributed by atoms with van der Waals surface area (Å²) in [6.45, 7) is 15.1. The van der Waals surface area contributed by atoms with Crippen LogP contribution in [0, 0.1) is 10.8 Å². The third-order valence-electron chi connectivity index (χ3n) is 5.49. The fourth-order valence-corrected chi connectivity index (χ4v) is 7.48. The Morgan fingerprint density at radius 3 is 1.28 bits per heavy atom. The molecule has 2 nitrogen and oxygen atoms in total. The van der Waals surface area contributed by atoms with Crippen molar-refractivity contribution in [2.75, 3.05) is 13.2 Å². The lowest BCUT2D eigenvalue weighted by atomic mass is 9.89. The maximum Gasteiger partial charge on any atom is 0.407 e. The molecule has 0 bridgehead atoms. The van der Waals surface area contributed by atoms with Crippen LogP contribution in [-0.4, -0.2) is 21.8 Å². The first-order chi connectivity index (χ1) is 13.7. The minimum absolute atomic E-state index is 0.124. The first kappa shape index (κ1) is 23.9. The average Bonchev–Trinajstić information content (AvgIpc) is 2.70. The van der Waals surface area contributed by atoms with E-state index < -0.39 is 8.56 Å². The second kappa shape index (κ2) is 10.6. The van der Waals surface area contributed by atoms with E-state index in [1.807, 2.05) is 0 Å². The van der Waals surface area contributed by atoms with Gasteiger partial charge in [-0.1, -0.05) is 115 Å². The summed E-state index contributed by atoms with van der Waals surface area (Å²) in [5.41, 5.74) is 0.248. The summed E-state index contributed by atoms with van der Waals surface area (Å²) < 4.78 is 13.8. The lowest BCUT2D eigenvalue weighted by molar-refractivity contribution is 0.0899. The molecular weight excluding hydrogens is 372 g/mol. The third-order valence-corrected chi connectivity index (χ3v) is 8.78. The van der Waals surface area contributed by atoms with Gasteiger partial charge in [-0.2, -0.15) is 0 Å². The zero-order chi connectivity index (χ0) is 21.4. The Morgan fingerprint density at radius 2 is 0.966 bits per heavy atom. The molecule has 0 heterocycles. The molecule has 0 aliphatic carbocycles. The molecule has 29 heavy (non-hydrogen) atoms. The molecule has 2 aromatic rings. The molecule has 0 aliphatic rings. The van der Waals surface area contributed by atoms with Gasteiger partial charge in [-0.15, -0.1) is 0 Å². The SMILES string of the molecule is CCCC(C)(C)CO[Si](OCC(C)(C)CCC)(c1ccccc1)c1ccccc1. The second-order valence-corrected chi connectivity index (χ2v) is 12.7. The van der Waals surface area contributed by atoms with Gasteiger partial charge < -0.3 is 8.85 Å². The van der Waals surface area contributed by atoms with Crippen molar-refractivity contribution in [3.8, 4) is 0 Å². The van der Waals surface area contributed by atoms with Gasteiger partial charge in [0, 0.05) is 13.2 Å². The van der Waals surface area contributed by atoms with Crippen LogP contribution in [-0.2, 0) is 8.85 Å². The van der Waals surface area contributed by atoms with Crippen molar-refractivity contribution in [1.82, 2.24) is 0 Å². The molecule has 0 fully saturated rings. The highest BCUT2D eigenvalue weighted by Crippen LogP contribution is 2.27. The summed E-state index contributed by atoms with van der Waals surface area (Å²) in [6, 6.07) is 21.2. The predicted molar refractivity (Wildman–Crippen MR) is 127 cm³/mol. The van der Waals surface area contributed by atoms with E-state index in [4.69, 9.17) is 8.85 Å². The lowest BCUT2D eigenvalue weighted by Crippen LogP contribution is -2.64. The molecule has 0 aliphatic heterocycles. The number of rotatable bonds is 12. The van der Waals surface area contributed by atoms with Crippen molar-refractivity contribution in [3.63, 3.8) is 0 Å². The van der Waals surface area contributed by atoms with Gasteiger partial charge in [-0.25, -0.2) is 0 Å². The summed E-state index contributed by atoms with van der Waals surface area (Å²) >= 11 is 0. The molecule has 3 heteroatoms. The van der Waals surface area contributed by atoms with Gasteiger partial charge >= 0.3 is 8.56 Å². The Labute approximate surface area is 179 Å². The standard InChI is InChI=1S/C26H40O2Si/c1-7-19-25(3,4)21-27-29(23-15-11-9-12-16-23,24-17-13-10-14-18-24)28-22-26(5,6)20-8-2/h9-18H,7-8,19-22H2,1-6H3. The third kappa shape index (κ3) is 6.80. The molecule has 160 valence electrons. The minimum Gasteiger partial charge on any atom is -0.387 e. The molecule has 0 amide bonds. The summed E-state index contributed by atoms with van der Waals surface area (Å²) in [5.74, 6) is 0. The first-order valence-electron chi connectivity index (χ1n) is 11.1. The Kier molecular flexibility index (Phi) is 8.68. The van der Waals surface area contributed by atoms with Gasteiger partial charge in [-0.05, 0) is 34.0 Å². The van der Waals surface area contributed by atoms with E-state index in [-0.39, 0.29) is 10.8 Å². The Bertz CT molecular complexity index is 647. The Hall–Kier alpha value is -1.42. The van der Waals surface area contributed by atoms with Gasteiger partial charge in [0.25, 0.3) is 0 Å². The smallest absolute Gasteiger partial charge is 0.387 e. The summed E-state index contributed by atoms with van der Waals surface area (Å²) in [5, 5.41) is 2.37. The van der Waals surface area contributed by atoms with Crippen molar-refractivity contribution in [1.29, 1.82) is 0 Å². The van der Waals surface area contributed by atoms with Crippen molar-refractivity contribution in [2.24, 2.45) is 10.8 Å². The van der Waals surface area contributed by atoms with Crippen molar-refractivity contribution >= 4 is 18.9 Å². The van der Waals surface area contributed by atoms with Crippen LogP contribution < -0.4 is 10.4 Å². The Balaban J connectivity index is 2.47. The monoisotopic (exact) mass is 412 g/mol. The number of hydrogen-bond acceptors (Lipinski definition) is 2. The molecule has 0 atom stereocenters. The van der Waals surface area contributed by atoms with Crippen molar-refractivity contribution in [3.05, 3.63) is 60.7 Å². The van der Waals surface area contributed by atoms with Crippen molar-refractivity contribution < 1.29 is 8.85 Å². The predicted octanol–water partition coefficient (Wildman–Crippen LogP) is 5.93. The largest absolute Gasteiger partial charge is 0.407 e. The van der Waals surface area contributed by atoms with E-state index in [9.17, 15) is 0 Å². The first-order valence-corrected chi connectivity index (χ1v) is 13.0. The van der Waals surface area contributed by atoms with E-state index in [0.29, 0.717) is 13.2 Å². The van der Waals surface area contributed by atoms with Gasteiger partial charge in [0.1, 0.15) is 0 Å². The normalized spacial score (nSPS) is 12.9. The van der Waals surface area contributed by atoms with E-state index in [1.165, 1.54) is 10.4 Å². The van der Waals surface area contributed by atoms with Crippen LogP contribution in [0.2, 0.25) is 0 Å². The maximum atomic E-state index is 6.91. The number of hydrogen-bond donors (Lipinski definition) is 0. The highest BCUT2D eigenvalue weighted by molar-refractivity contribution is 6.92. The lowest BCUT2D eigenvalue weighted by Gasteiger charge is -2.37. The van der Waals surface area contributed by atoms with Crippen LogP contribution >= 0.6 is 0 Å². The fourth-order valence-electron chi connectivity index (χ4n) is 3.95. The van der Waals surface area contributed by atoms with Crippen molar-refractivity contribution in [2.45, 2.75) is 67.2 Å². The molecule has 2 aromatic carbocycles. The zero-order valence-electron chi connectivity index (χ0n) is 19.3. The van der Waals surface area contributed by atoms with Crippen LogP contribution in [0.15, 0.2) is 60.7 Å². The molecule has 0 saturated carbocycles. The topological polar surface area (TPSA) is 18.5 Å².